The van der Waals surface area contributed by atoms with Crippen LogP contribution in [0.25, 0.3) is 10.9 Å². The van der Waals surface area contributed by atoms with Gasteiger partial charge in [-0.05, 0) is 50.6 Å². The smallest absolute Gasteiger partial charge is 0.252 e. The van der Waals surface area contributed by atoms with Crippen LogP contribution in [0.15, 0.2) is 60.7 Å². The highest BCUT2D eigenvalue weighted by molar-refractivity contribution is 6.06. The van der Waals surface area contributed by atoms with Crippen LogP contribution in [-0.2, 0) is 0 Å². The number of fused-ring (bicyclic) bond motifs is 1. The molecule has 1 aliphatic rings. The van der Waals surface area contributed by atoms with E-state index in [1.54, 1.807) is 0 Å². The van der Waals surface area contributed by atoms with E-state index < -0.39 is 0 Å². The number of piperazine rings is 1. The molecule has 2 aromatic carbocycles. The largest absolute Gasteiger partial charge is 0.369 e. The fourth-order valence-corrected chi connectivity index (χ4v) is 4.12. The fraction of sp³-hybridized carbons (Fsp3) is 0.360. The van der Waals surface area contributed by atoms with Gasteiger partial charge in [-0.2, -0.15) is 0 Å². The van der Waals surface area contributed by atoms with Gasteiger partial charge < -0.3 is 10.2 Å². The Morgan fingerprint density at radius 1 is 0.967 bits per heavy atom. The Kier molecular flexibility index (Phi) is 6.60. The average molecular weight is 403 g/mol. The predicted octanol–water partition coefficient (Wildman–Crippen LogP) is 3.88. The van der Waals surface area contributed by atoms with Crippen molar-refractivity contribution in [3.63, 3.8) is 0 Å². The molecule has 1 aromatic heterocycles. The van der Waals surface area contributed by atoms with Crippen LogP contribution in [-0.4, -0.2) is 55.1 Å². The van der Waals surface area contributed by atoms with Gasteiger partial charge in [0.1, 0.15) is 0 Å². The summed E-state index contributed by atoms with van der Waals surface area (Å²) in [4.78, 5) is 22.2. The van der Waals surface area contributed by atoms with Gasteiger partial charge in [0, 0.05) is 49.5 Å². The Hall–Kier alpha value is -2.92. The predicted molar refractivity (Wildman–Crippen MR) is 123 cm³/mol. The number of unbranched alkanes of at least 4 members (excludes halogenated alkanes) is 1. The summed E-state index contributed by atoms with van der Waals surface area (Å²) in [6, 6.07) is 20.3. The van der Waals surface area contributed by atoms with E-state index in [1.807, 2.05) is 37.3 Å². The second-order valence-electron chi connectivity index (χ2n) is 7.96. The highest BCUT2D eigenvalue weighted by Crippen LogP contribution is 2.18. The third-order valence-electron chi connectivity index (χ3n) is 5.77. The first kappa shape index (κ1) is 20.4. The van der Waals surface area contributed by atoms with E-state index in [-0.39, 0.29) is 5.91 Å². The van der Waals surface area contributed by atoms with Gasteiger partial charge in [-0.15, -0.1) is 0 Å². The monoisotopic (exact) mass is 402 g/mol. The molecule has 0 aliphatic carbocycles. The molecule has 1 N–H and O–H groups in total. The molecule has 2 heterocycles. The van der Waals surface area contributed by atoms with Crippen molar-refractivity contribution in [1.82, 2.24) is 15.2 Å². The number of rotatable bonds is 7. The molecule has 0 radical (unpaired) electrons. The normalized spacial score (nSPS) is 14.8. The van der Waals surface area contributed by atoms with Crippen LogP contribution in [0.5, 0.6) is 0 Å². The number of nitrogens with one attached hydrogen (secondary N) is 1. The zero-order valence-electron chi connectivity index (χ0n) is 17.7. The van der Waals surface area contributed by atoms with Gasteiger partial charge in [0.15, 0.2) is 0 Å². The maximum Gasteiger partial charge on any atom is 0.252 e. The molecule has 0 bridgehead atoms. The van der Waals surface area contributed by atoms with E-state index in [0.717, 1.165) is 67.7 Å². The second-order valence-corrected chi connectivity index (χ2v) is 7.96. The molecule has 0 saturated carbocycles. The topological polar surface area (TPSA) is 48.5 Å². The number of aryl methyl sites for hydroxylation is 1. The average Bonchev–Trinajstić information content (AvgIpc) is 2.79. The van der Waals surface area contributed by atoms with Gasteiger partial charge in [-0.3, -0.25) is 14.7 Å². The van der Waals surface area contributed by atoms with Crippen LogP contribution < -0.4 is 10.2 Å². The van der Waals surface area contributed by atoms with Crippen molar-refractivity contribution in [2.24, 2.45) is 0 Å². The number of hydrogen-bond donors (Lipinski definition) is 1. The number of benzene rings is 2. The van der Waals surface area contributed by atoms with Crippen molar-refractivity contribution in [1.29, 1.82) is 0 Å². The molecule has 5 nitrogen and oxygen atoms in total. The molecule has 1 aliphatic heterocycles. The van der Waals surface area contributed by atoms with Crippen LogP contribution in [0, 0.1) is 6.92 Å². The minimum Gasteiger partial charge on any atom is -0.369 e. The highest BCUT2D eigenvalue weighted by atomic mass is 16.1. The summed E-state index contributed by atoms with van der Waals surface area (Å²) in [5.41, 5.74) is 3.78. The van der Waals surface area contributed by atoms with Crippen molar-refractivity contribution >= 4 is 22.5 Å². The summed E-state index contributed by atoms with van der Waals surface area (Å²) in [5, 5.41) is 4.00. The number of aromatic nitrogens is 1. The fourth-order valence-electron chi connectivity index (χ4n) is 4.12. The van der Waals surface area contributed by atoms with Crippen LogP contribution in [0.3, 0.4) is 0 Å². The van der Waals surface area contributed by atoms with E-state index in [1.165, 1.54) is 5.69 Å². The lowest BCUT2D eigenvalue weighted by atomic mass is 10.1. The van der Waals surface area contributed by atoms with Crippen molar-refractivity contribution < 1.29 is 4.79 Å². The maximum atomic E-state index is 12.7. The quantitative estimate of drug-likeness (QED) is 0.610. The summed E-state index contributed by atoms with van der Waals surface area (Å²) in [6.45, 7) is 8.09. The minimum atomic E-state index is -0.00632. The molecular weight excluding hydrogens is 372 g/mol. The van der Waals surface area contributed by atoms with E-state index >= 15 is 0 Å². The van der Waals surface area contributed by atoms with Crippen LogP contribution >= 0.6 is 0 Å². The van der Waals surface area contributed by atoms with E-state index in [0.29, 0.717) is 6.54 Å². The van der Waals surface area contributed by atoms with Gasteiger partial charge in [-0.1, -0.05) is 36.4 Å². The number of anilines is 1. The van der Waals surface area contributed by atoms with E-state index in [2.05, 4.69) is 50.4 Å². The summed E-state index contributed by atoms with van der Waals surface area (Å²) < 4.78 is 0. The summed E-state index contributed by atoms with van der Waals surface area (Å²) in [6.07, 6.45) is 2.09. The number of nitrogens with zero attached hydrogens (tertiary/aromatic N) is 3. The number of pyridine rings is 1. The zero-order chi connectivity index (χ0) is 20.8. The molecule has 4 rings (SSSR count). The molecule has 0 spiro atoms. The molecule has 1 amide bonds. The van der Waals surface area contributed by atoms with Crippen molar-refractivity contribution in [2.75, 3.05) is 44.2 Å². The lowest BCUT2D eigenvalue weighted by Crippen LogP contribution is -2.46. The Balaban J connectivity index is 1.19. The Bertz CT molecular complexity index is 981. The van der Waals surface area contributed by atoms with Gasteiger partial charge in [0.25, 0.3) is 5.91 Å². The van der Waals surface area contributed by atoms with Crippen molar-refractivity contribution in [3.05, 3.63) is 71.9 Å². The first-order chi connectivity index (χ1) is 14.7. The molecule has 1 saturated heterocycles. The second kappa shape index (κ2) is 9.72. The maximum absolute atomic E-state index is 12.7. The number of hydrogen-bond acceptors (Lipinski definition) is 4. The van der Waals surface area contributed by atoms with Crippen LogP contribution in [0.2, 0.25) is 0 Å². The lowest BCUT2D eigenvalue weighted by Gasteiger charge is -2.36. The molecule has 0 unspecified atom stereocenters. The molecule has 0 atom stereocenters. The molecule has 3 aromatic rings. The van der Waals surface area contributed by atoms with Gasteiger partial charge in [0.05, 0.1) is 11.1 Å². The molecule has 30 heavy (non-hydrogen) atoms. The number of carbonyl (C=O) groups excluding carboxylic acids is 1. The number of carbonyl (C=O) groups is 1. The Labute approximate surface area is 178 Å². The molecule has 5 heteroatoms. The summed E-state index contributed by atoms with van der Waals surface area (Å²) in [5.74, 6) is -0.00632. The van der Waals surface area contributed by atoms with E-state index in [4.69, 9.17) is 0 Å². The Morgan fingerprint density at radius 2 is 1.70 bits per heavy atom. The Morgan fingerprint density at radius 3 is 2.50 bits per heavy atom. The third kappa shape index (κ3) is 4.97. The first-order valence-electron chi connectivity index (χ1n) is 10.9. The number of amides is 1. The minimum absolute atomic E-state index is 0.00632. The van der Waals surface area contributed by atoms with Gasteiger partial charge in [-0.25, -0.2) is 0 Å². The summed E-state index contributed by atoms with van der Waals surface area (Å²) >= 11 is 0. The standard InChI is InChI=1S/C25H30N4O/c1-20-19-23(22-11-5-6-12-24(22)27-20)25(30)26-13-7-8-14-28-15-17-29(18-16-28)21-9-3-2-4-10-21/h2-6,9-12,19H,7-8,13-18H2,1H3,(H,26,30). The molecule has 156 valence electrons. The SMILES string of the molecule is Cc1cc(C(=O)NCCCCN2CCN(c3ccccc3)CC2)c2ccccc2n1. The molecule has 1 fully saturated rings. The van der Waals surface area contributed by atoms with E-state index in [9.17, 15) is 4.79 Å². The third-order valence-corrected chi connectivity index (χ3v) is 5.77. The van der Waals surface area contributed by atoms with Crippen LogP contribution in [0.4, 0.5) is 5.69 Å². The van der Waals surface area contributed by atoms with Crippen LogP contribution in [0.1, 0.15) is 28.9 Å². The number of para-hydroxylation sites is 2. The lowest BCUT2D eigenvalue weighted by molar-refractivity contribution is 0.0954. The molecular formula is C25H30N4O. The van der Waals surface area contributed by atoms with Crippen molar-refractivity contribution in [3.8, 4) is 0 Å². The van der Waals surface area contributed by atoms with Gasteiger partial charge in [0.2, 0.25) is 0 Å². The zero-order valence-corrected chi connectivity index (χ0v) is 17.7. The first-order valence-corrected chi connectivity index (χ1v) is 10.9. The summed E-state index contributed by atoms with van der Waals surface area (Å²) in [7, 11) is 0. The van der Waals surface area contributed by atoms with Crippen molar-refractivity contribution in [2.45, 2.75) is 19.8 Å². The van der Waals surface area contributed by atoms with Gasteiger partial charge >= 0.3 is 0 Å². The highest BCUT2D eigenvalue weighted by Gasteiger charge is 2.16.